The first-order valence-electron chi connectivity index (χ1n) is 10.3. The highest BCUT2D eigenvalue weighted by Crippen LogP contribution is 2.29. The lowest BCUT2D eigenvalue weighted by Gasteiger charge is -2.21. The predicted molar refractivity (Wildman–Crippen MR) is 127 cm³/mol. The van der Waals surface area contributed by atoms with Crippen LogP contribution in [0.15, 0.2) is 66.7 Å². The topological polar surface area (TPSA) is 50.8 Å². The Bertz CT molecular complexity index is 1000. The highest BCUT2D eigenvalue weighted by atomic mass is 35.5. The smallest absolute Gasteiger partial charge is 0.255 e. The molecule has 0 aliphatic carbocycles. The van der Waals surface area contributed by atoms with Crippen LogP contribution in [0, 0.1) is 0 Å². The van der Waals surface area contributed by atoms with Gasteiger partial charge in [0.2, 0.25) is 0 Å². The summed E-state index contributed by atoms with van der Waals surface area (Å²) in [5.41, 5.74) is 3.35. The van der Waals surface area contributed by atoms with Crippen LogP contribution in [-0.4, -0.2) is 26.1 Å². The lowest BCUT2D eigenvalue weighted by atomic mass is 10.1. The maximum Gasteiger partial charge on any atom is 0.255 e. The Morgan fingerprint density at radius 2 is 1.61 bits per heavy atom. The zero-order valence-corrected chi connectivity index (χ0v) is 18.8. The monoisotopic (exact) mass is 438 g/mol. The quantitative estimate of drug-likeness (QED) is 0.443. The number of nitrogens with zero attached hydrogens (tertiary/aromatic N) is 1. The van der Waals surface area contributed by atoms with Crippen LogP contribution in [0.3, 0.4) is 0 Å². The maximum atomic E-state index is 12.7. The van der Waals surface area contributed by atoms with Gasteiger partial charge in [-0.2, -0.15) is 0 Å². The van der Waals surface area contributed by atoms with Crippen molar-refractivity contribution in [2.24, 2.45) is 0 Å². The molecule has 0 aliphatic heterocycles. The van der Waals surface area contributed by atoms with Crippen LogP contribution in [0.2, 0.25) is 5.02 Å². The van der Waals surface area contributed by atoms with E-state index in [4.69, 9.17) is 21.1 Å². The van der Waals surface area contributed by atoms with Crippen molar-refractivity contribution in [2.45, 2.75) is 20.5 Å². The Balaban J connectivity index is 1.66. The molecular formula is C25H27ClN2O3. The third kappa shape index (κ3) is 5.92. The second-order valence-electron chi connectivity index (χ2n) is 6.95. The molecule has 162 valence electrons. The fourth-order valence-corrected chi connectivity index (χ4v) is 3.34. The minimum Gasteiger partial charge on any atom is -0.493 e. The zero-order chi connectivity index (χ0) is 22.2. The standard InChI is InChI=1S/C25H27ClN2O3/c1-4-28(5-2)22-13-11-21(12-14-22)27-25(29)19-8-15-23(24(16-19)30-3)31-17-18-6-9-20(26)10-7-18/h6-16H,4-5,17H2,1-3H3,(H,27,29). The van der Waals surface area contributed by atoms with Gasteiger partial charge in [-0.15, -0.1) is 0 Å². The molecule has 0 fully saturated rings. The number of hydrogen-bond acceptors (Lipinski definition) is 4. The summed E-state index contributed by atoms with van der Waals surface area (Å²) in [4.78, 5) is 15.0. The summed E-state index contributed by atoms with van der Waals surface area (Å²) in [6.07, 6.45) is 0. The molecule has 3 rings (SSSR count). The van der Waals surface area contributed by atoms with Crippen molar-refractivity contribution >= 4 is 28.9 Å². The second kappa shape index (κ2) is 10.7. The van der Waals surface area contributed by atoms with Crippen LogP contribution < -0.4 is 19.7 Å². The first-order valence-corrected chi connectivity index (χ1v) is 10.6. The molecule has 5 nitrogen and oxygen atoms in total. The molecule has 0 saturated carbocycles. The van der Waals surface area contributed by atoms with E-state index >= 15 is 0 Å². The van der Waals surface area contributed by atoms with Gasteiger partial charge in [-0.05, 0) is 74.0 Å². The second-order valence-corrected chi connectivity index (χ2v) is 7.39. The van der Waals surface area contributed by atoms with E-state index in [1.165, 1.54) is 0 Å². The summed E-state index contributed by atoms with van der Waals surface area (Å²) in [7, 11) is 1.55. The van der Waals surface area contributed by atoms with E-state index in [9.17, 15) is 4.79 Å². The van der Waals surface area contributed by atoms with E-state index in [1.54, 1.807) is 25.3 Å². The molecule has 1 amide bonds. The Hall–Kier alpha value is -3.18. The van der Waals surface area contributed by atoms with Gasteiger partial charge in [0, 0.05) is 35.1 Å². The summed E-state index contributed by atoms with van der Waals surface area (Å²) in [6.45, 7) is 6.49. The third-order valence-electron chi connectivity index (χ3n) is 4.99. The van der Waals surface area contributed by atoms with Gasteiger partial charge in [-0.3, -0.25) is 4.79 Å². The van der Waals surface area contributed by atoms with Crippen LogP contribution in [0.25, 0.3) is 0 Å². The fraction of sp³-hybridized carbons (Fsp3) is 0.240. The number of ether oxygens (including phenoxy) is 2. The van der Waals surface area contributed by atoms with Crippen molar-refractivity contribution in [1.82, 2.24) is 0 Å². The molecule has 31 heavy (non-hydrogen) atoms. The van der Waals surface area contributed by atoms with E-state index in [1.807, 2.05) is 48.5 Å². The van der Waals surface area contributed by atoms with E-state index < -0.39 is 0 Å². The average molecular weight is 439 g/mol. The molecule has 3 aromatic rings. The van der Waals surface area contributed by atoms with Gasteiger partial charge >= 0.3 is 0 Å². The zero-order valence-electron chi connectivity index (χ0n) is 18.0. The molecule has 0 aliphatic rings. The Kier molecular flexibility index (Phi) is 7.79. The van der Waals surface area contributed by atoms with E-state index in [2.05, 4.69) is 24.1 Å². The molecule has 0 spiro atoms. The molecule has 0 saturated heterocycles. The molecule has 6 heteroatoms. The number of anilines is 2. The number of halogens is 1. The minimum absolute atomic E-state index is 0.210. The lowest BCUT2D eigenvalue weighted by Crippen LogP contribution is -2.21. The molecule has 0 radical (unpaired) electrons. The van der Waals surface area contributed by atoms with Gasteiger partial charge in [0.05, 0.1) is 7.11 Å². The number of nitrogens with one attached hydrogen (secondary N) is 1. The number of carbonyl (C=O) groups excluding carboxylic acids is 1. The van der Waals surface area contributed by atoms with Gasteiger partial charge < -0.3 is 19.7 Å². The average Bonchev–Trinajstić information content (AvgIpc) is 2.80. The predicted octanol–water partition coefficient (Wildman–Crippen LogP) is 6.03. The van der Waals surface area contributed by atoms with Crippen LogP contribution in [0.4, 0.5) is 11.4 Å². The number of rotatable bonds is 9. The summed E-state index contributed by atoms with van der Waals surface area (Å²) in [5, 5.41) is 3.61. The van der Waals surface area contributed by atoms with E-state index in [-0.39, 0.29) is 5.91 Å². The molecule has 0 atom stereocenters. The summed E-state index contributed by atoms with van der Waals surface area (Å²) in [6, 6.07) is 20.4. The van der Waals surface area contributed by atoms with E-state index in [0.29, 0.717) is 28.7 Å². The molecular weight excluding hydrogens is 412 g/mol. The van der Waals surface area contributed by atoms with Gasteiger partial charge in [0.25, 0.3) is 5.91 Å². The highest BCUT2D eigenvalue weighted by molar-refractivity contribution is 6.30. The maximum absolute atomic E-state index is 12.7. The molecule has 0 unspecified atom stereocenters. The molecule has 3 aromatic carbocycles. The van der Waals surface area contributed by atoms with Crippen molar-refractivity contribution in [3.05, 3.63) is 82.9 Å². The van der Waals surface area contributed by atoms with Gasteiger partial charge in [-0.25, -0.2) is 0 Å². The van der Waals surface area contributed by atoms with Crippen LogP contribution >= 0.6 is 11.6 Å². The van der Waals surface area contributed by atoms with E-state index in [0.717, 1.165) is 30.0 Å². The SMILES string of the molecule is CCN(CC)c1ccc(NC(=O)c2ccc(OCc3ccc(Cl)cc3)c(OC)c2)cc1. The van der Waals surface area contributed by atoms with Crippen LogP contribution in [0.5, 0.6) is 11.5 Å². The van der Waals surface area contributed by atoms with Gasteiger partial charge in [-0.1, -0.05) is 23.7 Å². The Morgan fingerprint density at radius 3 is 2.23 bits per heavy atom. The Morgan fingerprint density at radius 1 is 0.935 bits per heavy atom. The van der Waals surface area contributed by atoms with Gasteiger partial charge in [0.15, 0.2) is 11.5 Å². The number of methoxy groups -OCH3 is 1. The summed E-state index contributed by atoms with van der Waals surface area (Å²) < 4.78 is 11.3. The van der Waals surface area contributed by atoms with Crippen molar-refractivity contribution in [3.8, 4) is 11.5 Å². The van der Waals surface area contributed by atoms with Crippen LogP contribution in [0.1, 0.15) is 29.8 Å². The van der Waals surface area contributed by atoms with Crippen molar-refractivity contribution < 1.29 is 14.3 Å². The number of hydrogen-bond donors (Lipinski definition) is 1. The lowest BCUT2D eigenvalue weighted by molar-refractivity contribution is 0.102. The highest BCUT2D eigenvalue weighted by Gasteiger charge is 2.12. The summed E-state index contributed by atoms with van der Waals surface area (Å²) >= 11 is 5.92. The van der Waals surface area contributed by atoms with Crippen LogP contribution in [-0.2, 0) is 6.61 Å². The first kappa shape index (κ1) is 22.5. The molecule has 1 N–H and O–H groups in total. The number of carbonyl (C=O) groups is 1. The minimum atomic E-state index is -0.210. The molecule has 0 heterocycles. The normalized spacial score (nSPS) is 10.5. The van der Waals surface area contributed by atoms with Gasteiger partial charge in [0.1, 0.15) is 6.61 Å². The van der Waals surface area contributed by atoms with Crippen molar-refractivity contribution in [1.29, 1.82) is 0 Å². The largest absolute Gasteiger partial charge is 0.493 e. The Labute approximate surface area is 188 Å². The molecule has 0 aromatic heterocycles. The molecule has 0 bridgehead atoms. The number of benzene rings is 3. The summed E-state index contributed by atoms with van der Waals surface area (Å²) in [5.74, 6) is 0.856. The first-order chi connectivity index (χ1) is 15.0. The third-order valence-corrected chi connectivity index (χ3v) is 5.24. The number of amides is 1. The van der Waals surface area contributed by atoms with Crippen molar-refractivity contribution in [2.75, 3.05) is 30.4 Å². The van der Waals surface area contributed by atoms with Crippen molar-refractivity contribution in [3.63, 3.8) is 0 Å². The fourth-order valence-electron chi connectivity index (χ4n) is 3.22.